The van der Waals surface area contributed by atoms with E-state index in [0.717, 1.165) is 11.0 Å². The predicted octanol–water partition coefficient (Wildman–Crippen LogP) is 0.840. The van der Waals surface area contributed by atoms with Crippen molar-refractivity contribution in [2.24, 2.45) is 7.05 Å². The van der Waals surface area contributed by atoms with E-state index in [4.69, 9.17) is 5.26 Å². The molecule has 4 nitrogen and oxygen atoms in total. The number of fused-ring (bicyclic) bond motifs is 1. The molecule has 0 aromatic carbocycles. The van der Waals surface area contributed by atoms with Crippen LogP contribution in [-0.4, -0.2) is 14.5 Å². The second-order valence-corrected chi connectivity index (χ2v) is 2.47. The number of aromatic nitrogens is 3. The Morgan fingerprint density at radius 2 is 2.42 bits per heavy atom. The van der Waals surface area contributed by atoms with Crippen LogP contribution >= 0.6 is 0 Å². The molecule has 58 valence electrons. The largest absolute Gasteiger partial charge is 0.319 e. The van der Waals surface area contributed by atoms with Gasteiger partial charge < -0.3 is 4.57 Å². The number of rotatable bonds is 0. The summed E-state index contributed by atoms with van der Waals surface area (Å²) in [5.41, 5.74) is 1.69. The second kappa shape index (κ2) is 2.31. The van der Waals surface area contributed by atoms with Crippen LogP contribution in [0.15, 0.2) is 18.5 Å². The van der Waals surface area contributed by atoms with Crippen LogP contribution in [0.25, 0.3) is 11.0 Å². The van der Waals surface area contributed by atoms with Gasteiger partial charge in [0.1, 0.15) is 11.6 Å². The third-order valence-electron chi connectivity index (χ3n) is 1.78. The van der Waals surface area contributed by atoms with Crippen LogP contribution in [0.4, 0.5) is 0 Å². The molecular formula is C8H6N4. The minimum Gasteiger partial charge on any atom is -0.319 e. The highest BCUT2D eigenvalue weighted by Crippen LogP contribution is 2.11. The van der Waals surface area contributed by atoms with Gasteiger partial charge in [-0.15, -0.1) is 0 Å². The van der Waals surface area contributed by atoms with Gasteiger partial charge in [0.15, 0.2) is 0 Å². The van der Waals surface area contributed by atoms with Gasteiger partial charge in [0, 0.05) is 13.2 Å². The van der Waals surface area contributed by atoms with Crippen molar-refractivity contribution in [2.45, 2.75) is 0 Å². The fourth-order valence-electron chi connectivity index (χ4n) is 1.15. The lowest BCUT2D eigenvalue weighted by atomic mass is 10.4. The Balaban J connectivity index is 2.90. The number of nitrogens with zero attached hydrogens (tertiary/aromatic N) is 4. The summed E-state index contributed by atoms with van der Waals surface area (Å²) < 4.78 is 1.75. The van der Waals surface area contributed by atoms with Gasteiger partial charge in [-0.1, -0.05) is 0 Å². The third-order valence-corrected chi connectivity index (χ3v) is 1.78. The van der Waals surface area contributed by atoms with Gasteiger partial charge in [0.05, 0.1) is 11.7 Å². The van der Waals surface area contributed by atoms with Crippen molar-refractivity contribution < 1.29 is 0 Å². The Kier molecular flexibility index (Phi) is 1.31. The average molecular weight is 158 g/mol. The number of hydrogen-bond acceptors (Lipinski definition) is 3. The summed E-state index contributed by atoms with van der Waals surface area (Å²) in [5, 5.41) is 8.67. The minimum atomic E-state index is 0.415. The first-order valence-electron chi connectivity index (χ1n) is 3.49. The highest BCUT2D eigenvalue weighted by molar-refractivity contribution is 5.75. The Hall–Kier alpha value is -1.89. The molecule has 0 saturated carbocycles. The van der Waals surface area contributed by atoms with E-state index in [1.165, 1.54) is 0 Å². The third kappa shape index (κ3) is 0.768. The van der Waals surface area contributed by atoms with Gasteiger partial charge in [-0.05, 0) is 6.07 Å². The molecule has 0 aliphatic carbocycles. The molecular weight excluding hydrogens is 152 g/mol. The van der Waals surface area contributed by atoms with E-state index in [-0.39, 0.29) is 0 Å². The second-order valence-electron chi connectivity index (χ2n) is 2.47. The van der Waals surface area contributed by atoms with Gasteiger partial charge in [-0.25, -0.2) is 4.98 Å². The smallest absolute Gasteiger partial charge is 0.213 e. The molecule has 0 fully saturated rings. The van der Waals surface area contributed by atoms with Crippen LogP contribution in [0.1, 0.15) is 5.82 Å². The van der Waals surface area contributed by atoms with Crippen LogP contribution in [0.3, 0.4) is 0 Å². The molecule has 12 heavy (non-hydrogen) atoms. The van der Waals surface area contributed by atoms with E-state index in [1.807, 2.05) is 19.2 Å². The molecule has 0 spiro atoms. The summed E-state index contributed by atoms with van der Waals surface area (Å²) in [6.45, 7) is 0. The molecule has 0 saturated heterocycles. The topological polar surface area (TPSA) is 54.5 Å². The molecule has 0 aliphatic heterocycles. The lowest BCUT2D eigenvalue weighted by molar-refractivity contribution is 0.920. The van der Waals surface area contributed by atoms with Crippen molar-refractivity contribution in [1.82, 2.24) is 14.5 Å². The molecule has 0 unspecified atom stereocenters. The zero-order chi connectivity index (χ0) is 8.55. The SMILES string of the molecule is Cn1c(C#N)nc2cnccc21. The molecule has 0 bridgehead atoms. The molecule has 0 amide bonds. The number of nitriles is 1. The Bertz CT molecular complexity index is 463. The molecule has 4 heteroatoms. The maximum Gasteiger partial charge on any atom is 0.213 e. The van der Waals surface area contributed by atoms with E-state index in [1.54, 1.807) is 17.0 Å². The summed E-state index contributed by atoms with van der Waals surface area (Å²) in [7, 11) is 1.81. The first kappa shape index (κ1) is 6.80. The fourth-order valence-corrected chi connectivity index (χ4v) is 1.15. The van der Waals surface area contributed by atoms with Crippen molar-refractivity contribution in [1.29, 1.82) is 5.26 Å². The van der Waals surface area contributed by atoms with Crippen molar-refractivity contribution in [3.8, 4) is 6.07 Å². The van der Waals surface area contributed by atoms with Crippen LogP contribution < -0.4 is 0 Å². The summed E-state index contributed by atoms with van der Waals surface area (Å²) in [6, 6.07) is 3.85. The molecule has 2 rings (SSSR count). The number of aryl methyl sites for hydroxylation is 1. The van der Waals surface area contributed by atoms with E-state index in [2.05, 4.69) is 9.97 Å². The highest BCUT2D eigenvalue weighted by Gasteiger charge is 2.04. The van der Waals surface area contributed by atoms with E-state index >= 15 is 0 Å². The van der Waals surface area contributed by atoms with E-state index in [9.17, 15) is 0 Å². The monoisotopic (exact) mass is 158 g/mol. The summed E-state index contributed by atoms with van der Waals surface area (Å²) in [5.74, 6) is 0.415. The minimum absolute atomic E-state index is 0.415. The van der Waals surface area contributed by atoms with Gasteiger partial charge in [-0.2, -0.15) is 5.26 Å². The molecule has 2 heterocycles. The van der Waals surface area contributed by atoms with Gasteiger partial charge in [0.25, 0.3) is 0 Å². The Morgan fingerprint density at radius 1 is 1.58 bits per heavy atom. The Labute approximate surface area is 69.1 Å². The summed E-state index contributed by atoms with van der Waals surface area (Å²) in [6.07, 6.45) is 3.33. The lowest BCUT2D eigenvalue weighted by Gasteiger charge is -1.91. The first-order valence-corrected chi connectivity index (χ1v) is 3.49. The first-order chi connectivity index (χ1) is 5.83. The van der Waals surface area contributed by atoms with Gasteiger partial charge in [-0.3, -0.25) is 4.98 Å². The summed E-state index contributed by atoms with van der Waals surface area (Å²) >= 11 is 0. The van der Waals surface area contributed by atoms with Crippen LogP contribution in [0, 0.1) is 11.3 Å². The van der Waals surface area contributed by atoms with Gasteiger partial charge in [0.2, 0.25) is 5.82 Å². The highest BCUT2D eigenvalue weighted by atomic mass is 15.1. The zero-order valence-electron chi connectivity index (χ0n) is 6.52. The van der Waals surface area contributed by atoms with Crippen molar-refractivity contribution >= 4 is 11.0 Å². The van der Waals surface area contributed by atoms with Crippen molar-refractivity contribution in [3.05, 3.63) is 24.3 Å². The van der Waals surface area contributed by atoms with Gasteiger partial charge >= 0.3 is 0 Å². The molecule has 0 N–H and O–H groups in total. The molecule has 2 aromatic rings. The quantitative estimate of drug-likeness (QED) is 0.570. The molecule has 2 aromatic heterocycles. The van der Waals surface area contributed by atoms with Crippen LogP contribution in [0.2, 0.25) is 0 Å². The lowest BCUT2D eigenvalue weighted by Crippen LogP contribution is -1.91. The maximum atomic E-state index is 8.67. The molecule has 0 radical (unpaired) electrons. The van der Waals surface area contributed by atoms with E-state index in [0.29, 0.717) is 5.82 Å². The predicted molar refractivity (Wildman–Crippen MR) is 43.2 cm³/mol. The van der Waals surface area contributed by atoms with Crippen LogP contribution in [0.5, 0.6) is 0 Å². The van der Waals surface area contributed by atoms with E-state index < -0.39 is 0 Å². The average Bonchev–Trinajstić information content (AvgIpc) is 2.44. The normalized spacial score (nSPS) is 10.0. The van der Waals surface area contributed by atoms with Crippen molar-refractivity contribution in [3.63, 3.8) is 0 Å². The molecule has 0 atom stereocenters. The number of imidazole rings is 1. The summed E-state index contributed by atoms with van der Waals surface area (Å²) in [4.78, 5) is 7.99. The zero-order valence-corrected chi connectivity index (χ0v) is 6.52. The Morgan fingerprint density at radius 3 is 3.08 bits per heavy atom. The number of hydrogen-bond donors (Lipinski definition) is 0. The maximum absolute atomic E-state index is 8.67. The molecule has 0 aliphatic rings. The van der Waals surface area contributed by atoms with Crippen molar-refractivity contribution in [2.75, 3.05) is 0 Å². The standard InChI is InChI=1S/C8H6N4/c1-12-7-2-3-10-5-6(7)11-8(12)4-9/h2-3,5H,1H3. The number of pyridine rings is 1. The van der Waals surface area contributed by atoms with Crippen LogP contribution in [-0.2, 0) is 7.05 Å². The fraction of sp³-hybridized carbons (Fsp3) is 0.125.